The molecule has 2 aliphatic rings. The van der Waals surface area contributed by atoms with Gasteiger partial charge in [-0.2, -0.15) is 10.4 Å². The van der Waals surface area contributed by atoms with Crippen molar-refractivity contribution in [1.82, 2.24) is 9.78 Å². The van der Waals surface area contributed by atoms with Crippen LogP contribution in [0, 0.1) is 23.2 Å². The van der Waals surface area contributed by atoms with Gasteiger partial charge in [0.2, 0.25) is 0 Å². The van der Waals surface area contributed by atoms with Crippen molar-refractivity contribution in [3.63, 3.8) is 0 Å². The molecule has 0 bridgehead atoms. The molecular formula is C21H21N3O2. The zero-order chi connectivity index (χ0) is 18.5. The molecule has 3 unspecified atom stereocenters. The van der Waals surface area contributed by atoms with Crippen LogP contribution in [0.15, 0.2) is 42.1 Å². The van der Waals surface area contributed by atoms with Gasteiger partial charge in [0.15, 0.2) is 5.78 Å². The van der Waals surface area contributed by atoms with Crippen molar-refractivity contribution in [2.24, 2.45) is 18.9 Å². The zero-order valence-electron chi connectivity index (χ0n) is 15.2. The minimum Gasteiger partial charge on any atom is -0.497 e. The molecule has 3 atom stereocenters. The fourth-order valence-corrected chi connectivity index (χ4v) is 4.73. The molecule has 0 spiro atoms. The van der Waals surface area contributed by atoms with Crippen LogP contribution >= 0.6 is 0 Å². The number of Topliss-reactive ketones (excluding diaryl/α,β-unsaturated/α-hetero) is 1. The highest BCUT2D eigenvalue weighted by molar-refractivity contribution is 6.02. The predicted octanol–water partition coefficient (Wildman–Crippen LogP) is 2.95. The summed E-state index contributed by atoms with van der Waals surface area (Å²) < 4.78 is 7.27. The standard InChI is InChI=1S/C21H21N3O2/c1-13-18-8-7-14-12-24(2)23-20(14)21(18,10-15(11-22)19(13)25)16-5-4-6-17(9-16)26-3/h4-6,9-10,12-13,18H,7-8H2,1-3H3. The van der Waals surface area contributed by atoms with E-state index in [0.717, 1.165) is 29.8 Å². The van der Waals surface area contributed by atoms with Crippen LogP contribution in [0.25, 0.3) is 0 Å². The number of methoxy groups -OCH3 is 1. The molecule has 1 aromatic carbocycles. The Bertz CT molecular complexity index is 966. The van der Waals surface area contributed by atoms with E-state index >= 15 is 0 Å². The third kappa shape index (κ3) is 2.15. The molecule has 0 amide bonds. The Hall–Kier alpha value is -2.87. The number of ketones is 1. The molecule has 0 saturated heterocycles. The Morgan fingerprint density at radius 2 is 2.23 bits per heavy atom. The van der Waals surface area contributed by atoms with Crippen molar-refractivity contribution < 1.29 is 9.53 Å². The van der Waals surface area contributed by atoms with Gasteiger partial charge in [-0.05, 0) is 48.1 Å². The zero-order valence-corrected chi connectivity index (χ0v) is 15.2. The molecule has 2 aliphatic carbocycles. The van der Waals surface area contributed by atoms with Crippen LogP contribution in [0.3, 0.4) is 0 Å². The van der Waals surface area contributed by atoms with Gasteiger partial charge in [-0.1, -0.05) is 19.1 Å². The number of carbonyl (C=O) groups is 1. The van der Waals surface area contributed by atoms with Crippen molar-refractivity contribution in [3.05, 3.63) is 58.9 Å². The van der Waals surface area contributed by atoms with Gasteiger partial charge < -0.3 is 4.74 Å². The average Bonchev–Trinajstić information content (AvgIpc) is 3.05. The molecule has 132 valence electrons. The van der Waals surface area contributed by atoms with E-state index in [-0.39, 0.29) is 23.2 Å². The van der Waals surface area contributed by atoms with Gasteiger partial charge in [0, 0.05) is 19.2 Å². The summed E-state index contributed by atoms with van der Waals surface area (Å²) in [7, 11) is 3.56. The highest BCUT2D eigenvalue weighted by Gasteiger charge is 2.53. The number of fused-ring (bicyclic) bond motifs is 3. The smallest absolute Gasteiger partial charge is 0.176 e. The first kappa shape index (κ1) is 16.6. The first-order chi connectivity index (χ1) is 12.5. The molecule has 0 N–H and O–H groups in total. The quantitative estimate of drug-likeness (QED) is 0.838. The third-order valence-corrected chi connectivity index (χ3v) is 5.93. The van der Waals surface area contributed by atoms with Crippen LogP contribution in [0.4, 0.5) is 0 Å². The van der Waals surface area contributed by atoms with Crippen LogP contribution in [0.5, 0.6) is 5.75 Å². The summed E-state index contributed by atoms with van der Waals surface area (Å²) in [6.45, 7) is 1.94. The van der Waals surface area contributed by atoms with Crippen LogP contribution in [-0.4, -0.2) is 22.7 Å². The van der Waals surface area contributed by atoms with Crippen molar-refractivity contribution >= 4 is 5.78 Å². The van der Waals surface area contributed by atoms with Crippen molar-refractivity contribution in [3.8, 4) is 11.8 Å². The predicted molar refractivity (Wildman–Crippen MR) is 96.7 cm³/mol. The second-order valence-electron chi connectivity index (χ2n) is 7.25. The third-order valence-electron chi connectivity index (χ3n) is 5.93. The molecule has 1 heterocycles. The molecule has 0 saturated carbocycles. The molecule has 2 aromatic rings. The van der Waals surface area contributed by atoms with Crippen LogP contribution in [-0.2, 0) is 23.7 Å². The van der Waals surface area contributed by atoms with Crippen LogP contribution < -0.4 is 4.74 Å². The number of ether oxygens (including phenoxy) is 1. The molecule has 0 fully saturated rings. The second kappa shape index (κ2) is 5.84. The van der Waals surface area contributed by atoms with E-state index in [1.165, 1.54) is 5.56 Å². The van der Waals surface area contributed by atoms with Gasteiger partial charge >= 0.3 is 0 Å². The summed E-state index contributed by atoms with van der Waals surface area (Å²) in [6.07, 6.45) is 5.69. The number of benzene rings is 1. The molecule has 26 heavy (non-hydrogen) atoms. The molecule has 0 aliphatic heterocycles. The van der Waals surface area contributed by atoms with E-state index in [2.05, 4.69) is 12.3 Å². The maximum Gasteiger partial charge on any atom is 0.176 e. The number of hydrogen-bond donors (Lipinski definition) is 0. The summed E-state index contributed by atoms with van der Waals surface area (Å²) in [5.41, 5.74) is 2.81. The topological polar surface area (TPSA) is 67.9 Å². The maximum atomic E-state index is 12.7. The number of aryl methyl sites for hydroxylation is 2. The minimum absolute atomic E-state index is 0.0598. The van der Waals surface area contributed by atoms with Gasteiger partial charge in [-0.15, -0.1) is 0 Å². The number of carbonyl (C=O) groups excluding carboxylic acids is 1. The van der Waals surface area contributed by atoms with Crippen LogP contribution in [0.1, 0.15) is 30.2 Å². The van der Waals surface area contributed by atoms with E-state index < -0.39 is 5.41 Å². The lowest BCUT2D eigenvalue weighted by Gasteiger charge is -2.46. The van der Waals surface area contributed by atoms with Gasteiger partial charge in [-0.25, -0.2) is 0 Å². The molecule has 5 heteroatoms. The largest absolute Gasteiger partial charge is 0.497 e. The summed E-state index contributed by atoms with van der Waals surface area (Å²) in [5.74, 6) is 0.545. The fourth-order valence-electron chi connectivity index (χ4n) is 4.73. The summed E-state index contributed by atoms with van der Waals surface area (Å²) in [5, 5.41) is 14.4. The first-order valence-corrected chi connectivity index (χ1v) is 8.86. The summed E-state index contributed by atoms with van der Waals surface area (Å²) >= 11 is 0. The van der Waals surface area contributed by atoms with Crippen molar-refractivity contribution in [2.45, 2.75) is 25.2 Å². The lowest BCUT2D eigenvalue weighted by molar-refractivity contribution is -0.121. The lowest BCUT2D eigenvalue weighted by Crippen LogP contribution is -2.48. The van der Waals surface area contributed by atoms with Gasteiger partial charge in [0.05, 0.1) is 23.8 Å². The second-order valence-corrected chi connectivity index (χ2v) is 7.25. The molecular weight excluding hydrogens is 326 g/mol. The lowest BCUT2D eigenvalue weighted by atomic mass is 9.54. The average molecular weight is 347 g/mol. The van der Waals surface area contributed by atoms with Crippen molar-refractivity contribution in [1.29, 1.82) is 5.26 Å². The molecule has 5 nitrogen and oxygen atoms in total. The Morgan fingerprint density at radius 1 is 1.42 bits per heavy atom. The molecule has 0 radical (unpaired) electrons. The Labute approximate surface area is 152 Å². The molecule has 4 rings (SSSR count). The highest BCUT2D eigenvalue weighted by Crippen LogP contribution is 2.53. The number of nitrogens with zero attached hydrogens (tertiary/aromatic N) is 3. The SMILES string of the molecule is COc1cccc(C23C=C(C#N)C(=O)C(C)C2CCc2cn(C)nc23)c1. The summed E-state index contributed by atoms with van der Waals surface area (Å²) in [6, 6.07) is 10.0. The van der Waals surface area contributed by atoms with Gasteiger partial charge in [0.1, 0.15) is 11.8 Å². The fraction of sp³-hybridized carbons (Fsp3) is 0.381. The van der Waals surface area contributed by atoms with Gasteiger partial charge in [-0.3, -0.25) is 9.48 Å². The van der Waals surface area contributed by atoms with E-state index in [4.69, 9.17) is 9.84 Å². The Morgan fingerprint density at radius 3 is 2.96 bits per heavy atom. The van der Waals surface area contributed by atoms with E-state index in [1.807, 2.05) is 49.0 Å². The monoisotopic (exact) mass is 347 g/mol. The first-order valence-electron chi connectivity index (χ1n) is 8.86. The number of hydrogen-bond acceptors (Lipinski definition) is 4. The maximum absolute atomic E-state index is 12.7. The van der Waals surface area contributed by atoms with Crippen LogP contribution in [0.2, 0.25) is 0 Å². The van der Waals surface area contributed by atoms with E-state index in [1.54, 1.807) is 7.11 Å². The summed E-state index contributed by atoms with van der Waals surface area (Å²) in [4.78, 5) is 12.7. The van der Waals surface area contributed by atoms with E-state index in [0.29, 0.717) is 0 Å². The number of aromatic nitrogens is 2. The van der Waals surface area contributed by atoms with E-state index in [9.17, 15) is 10.1 Å². The number of allylic oxidation sites excluding steroid dienone is 2. The molecule has 1 aromatic heterocycles. The normalized spacial score (nSPS) is 27.2. The highest BCUT2D eigenvalue weighted by atomic mass is 16.5. The Kier molecular flexibility index (Phi) is 3.73. The minimum atomic E-state index is -0.582. The van der Waals surface area contributed by atoms with Crippen molar-refractivity contribution in [2.75, 3.05) is 7.11 Å². The Balaban J connectivity index is 2.08. The van der Waals surface area contributed by atoms with Gasteiger partial charge in [0.25, 0.3) is 0 Å². The number of nitriles is 1. The number of rotatable bonds is 2.